The first-order chi connectivity index (χ1) is 6.20. The van der Waals surface area contributed by atoms with Crippen molar-refractivity contribution < 1.29 is 4.79 Å². The average Bonchev–Trinajstić information content (AvgIpc) is 2.62. The van der Waals surface area contributed by atoms with E-state index in [1.165, 1.54) is 0 Å². The lowest BCUT2D eigenvalue weighted by Crippen LogP contribution is -2.41. The van der Waals surface area contributed by atoms with Gasteiger partial charge in [-0.25, -0.2) is 0 Å². The number of thiocarbonyl (C=S) groups is 2. The molecule has 1 atom stereocenters. The fraction of sp³-hybridized carbons (Fsp3) is 0.625. The van der Waals surface area contributed by atoms with Gasteiger partial charge in [0.15, 0.2) is 0 Å². The smallest absolute Gasteiger partial charge is 0.213 e. The van der Waals surface area contributed by atoms with E-state index in [9.17, 15) is 4.79 Å². The Morgan fingerprint density at radius 2 is 2.23 bits per heavy atom. The van der Waals surface area contributed by atoms with E-state index < -0.39 is 0 Å². The minimum Gasteiger partial charge on any atom is -0.371 e. The van der Waals surface area contributed by atoms with Gasteiger partial charge in [-0.05, 0) is 12.8 Å². The van der Waals surface area contributed by atoms with Crippen LogP contribution in [-0.2, 0) is 4.79 Å². The standard InChI is InChI=1S/C8H10N2OS2/c11-7-5(4-9-8(7)13)10-3-1-2-6(10)12/h5H,1-4H2,(H,9,13). The van der Waals surface area contributed by atoms with Crippen molar-refractivity contribution in [3.63, 3.8) is 0 Å². The van der Waals surface area contributed by atoms with Gasteiger partial charge in [-0.3, -0.25) is 4.79 Å². The molecule has 0 amide bonds. The number of likely N-dealkylation sites (tertiary alicyclic amines) is 1. The zero-order valence-corrected chi connectivity index (χ0v) is 8.71. The van der Waals surface area contributed by atoms with Gasteiger partial charge in [0, 0.05) is 13.1 Å². The lowest BCUT2D eigenvalue weighted by molar-refractivity contribution is -0.115. The lowest BCUT2D eigenvalue weighted by atomic mass is 10.2. The van der Waals surface area contributed by atoms with E-state index in [0.29, 0.717) is 11.5 Å². The predicted octanol–water partition coefficient (Wildman–Crippen LogP) is 0.278. The maximum Gasteiger partial charge on any atom is 0.213 e. The lowest BCUT2D eigenvalue weighted by Gasteiger charge is -2.22. The second-order valence-corrected chi connectivity index (χ2v) is 4.16. The van der Waals surface area contributed by atoms with E-state index in [-0.39, 0.29) is 11.8 Å². The minimum absolute atomic E-state index is 0.0271. The van der Waals surface area contributed by atoms with Gasteiger partial charge in [-0.15, -0.1) is 0 Å². The van der Waals surface area contributed by atoms with E-state index in [4.69, 9.17) is 24.4 Å². The highest BCUT2D eigenvalue weighted by Crippen LogP contribution is 2.17. The normalized spacial score (nSPS) is 28.5. The molecule has 13 heavy (non-hydrogen) atoms. The van der Waals surface area contributed by atoms with E-state index >= 15 is 0 Å². The Kier molecular flexibility index (Phi) is 2.29. The maximum absolute atomic E-state index is 11.5. The van der Waals surface area contributed by atoms with Crippen LogP contribution >= 0.6 is 24.4 Å². The van der Waals surface area contributed by atoms with Crippen molar-refractivity contribution in [2.75, 3.05) is 13.1 Å². The molecule has 0 radical (unpaired) electrons. The van der Waals surface area contributed by atoms with Gasteiger partial charge in [0.1, 0.15) is 11.0 Å². The summed E-state index contributed by atoms with van der Waals surface area (Å²) in [5.41, 5.74) is 0. The zero-order chi connectivity index (χ0) is 9.42. The van der Waals surface area contributed by atoms with Crippen molar-refractivity contribution in [2.24, 2.45) is 0 Å². The van der Waals surface area contributed by atoms with Crippen molar-refractivity contribution in [1.29, 1.82) is 0 Å². The molecule has 0 saturated carbocycles. The van der Waals surface area contributed by atoms with Gasteiger partial charge in [0.05, 0.1) is 4.99 Å². The molecule has 2 aliphatic heterocycles. The molecule has 0 aromatic rings. The minimum atomic E-state index is -0.123. The summed E-state index contributed by atoms with van der Waals surface area (Å²) in [6, 6.07) is -0.123. The molecule has 2 heterocycles. The molecule has 0 aromatic heterocycles. The van der Waals surface area contributed by atoms with Crippen LogP contribution in [0, 0.1) is 0 Å². The average molecular weight is 214 g/mol. The number of carbonyl (C=O) groups excluding carboxylic acids is 1. The molecule has 2 aliphatic rings. The first kappa shape index (κ1) is 9.02. The number of carbonyl (C=O) groups is 1. The van der Waals surface area contributed by atoms with Crippen molar-refractivity contribution in [3.8, 4) is 0 Å². The first-order valence-corrected chi connectivity index (χ1v) is 5.13. The first-order valence-electron chi connectivity index (χ1n) is 4.31. The highest BCUT2D eigenvalue weighted by Gasteiger charge is 2.36. The Balaban J connectivity index is 2.13. The van der Waals surface area contributed by atoms with Crippen molar-refractivity contribution in [1.82, 2.24) is 10.2 Å². The van der Waals surface area contributed by atoms with Crippen LogP contribution in [0.15, 0.2) is 0 Å². The zero-order valence-electron chi connectivity index (χ0n) is 7.08. The van der Waals surface area contributed by atoms with Crippen molar-refractivity contribution in [3.05, 3.63) is 0 Å². The topological polar surface area (TPSA) is 32.3 Å². The molecule has 0 aromatic carbocycles. The van der Waals surface area contributed by atoms with E-state index in [2.05, 4.69) is 5.32 Å². The Morgan fingerprint density at radius 3 is 2.69 bits per heavy atom. The summed E-state index contributed by atoms with van der Waals surface area (Å²) in [4.78, 5) is 14.8. The monoisotopic (exact) mass is 214 g/mol. The summed E-state index contributed by atoms with van der Waals surface area (Å²) in [5, 5.41) is 2.90. The fourth-order valence-electron chi connectivity index (χ4n) is 1.77. The predicted molar refractivity (Wildman–Crippen MR) is 57.9 cm³/mol. The molecule has 1 unspecified atom stereocenters. The summed E-state index contributed by atoms with van der Waals surface area (Å²) in [5.74, 6) is 0.0271. The summed E-state index contributed by atoms with van der Waals surface area (Å²) in [7, 11) is 0. The van der Waals surface area contributed by atoms with Crippen LogP contribution in [0.1, 0.15) is 12.8 Å². The number of nitrogens with zero attached hydrogens (tertiary/aromatic N) is 1. The van der Waals surface area contributed by atoms with Crippen LogP contribution in [0.3, 0.4) is 0 Å². The van der Waals surface area contributed by atoms with Crippen molar-refractivity contribution in [2.45, 2.75) is 18.9 Å². The number of hydrogen-bond acceptors (Lipinski definition) is 3. The molecule has 2 rings (SSSR count). The Bertz CT molecular complexity index is 290. The molecule has 0 spiro atoms. The highest BCUT2D eigenvalue weighted by atomic mass is 32.1. The molecule has 70 valence electrons. The third kappa shape index (κ3) is 1.46. The van der Waals surface area contributed by atoms with Crippen molar-refractivity contribution >= 4 is 40.2 Å². The summed E-state index contributed by atoms with van der Waals surface area (Å²) in [6.45, 7) is 1.53. The van der Waals surface area contributed by atoms with Gasteiger partial charge >= 0.3 is 0 Å². The van der Waals surface area contributed by atoms with Gasteiger partial charge in [-0.1, -0.05) is 24.4 Å². The summed E-state index contributed by atoms with van der Waals surface area (Å²) < 4.78 is 0. The van der Waals surface area contributed by atoms with Gasteiger partial charge in [-0.2, -0.15) is 0 Å². The van der Waals surface area contributed by atoms with E-state index in [1.807, 2.05) is 4.90 Å². The number of rotatable bonds is 1. The molecule has 2 fully saturated rings. The second-order valence-electron chi connectivity index (χ2n) is 3.28. The fourth-order valence-corrected chi connectivity index (χ4v) is 2.35. The highest BCUT2D eigenvalue weighted by molar-refractivity contribution is 7.82. The maximum atomic E-state index is 11.5. The van der Waals surface area contributed by atoms with Crippen LogP contribution < -0.4 is 5.32 Å². The Labute approximate surface area is 87.5 Å². The largest absolute Gasteiger partial charge is 0.371 e. The molecule has 0 aliphatic carbocycles. The van der Waals surface area contributed by atoms with Crippen LogP contribution in [-0.4, -0.2) is 39.8 Å². The molecule has 0 bridgehead atoms. The third-order valence-corrected chi connectivity index (χ3v) is 3.25. The quantitative estimate of drug-likeness (QED) is 0.634. The number of hydrogen-bond donors (Lipinski definition) is 1. The van der Waals surface area contributed by atoms with Crippen LogP contribution in [0.25, 0.3) is 0 Å². The summed E-state index contributed by atoms with van der Waals surface area (Å²) >= 11 is 10.0. The summed E-state index contributed by atoms with van der Waals surface area (Å²) in [6.07, 6.45) is 2.00. The Morgan fingerprint density at radius 1 is 1.46 bits per heavy atom. The molecule has 3 nitrogen and oxygen atoms in total. The van der Waals surface area contributed by atoms with Gasteiger partial charge < -0.3 is 10.2 Å². The molecular weight excluding hydrogens is 204 g/mol. The van der Waals surface area contributed by atoms with Gasteiger partial charge in [0.25, 0.3) is 0 Å². The second kappa shape index (κ2) is 3.31. The molecular formula is C8H10N2OS2. The van der Waals surface area contributed by atoms with Gasteiger partial charge in [0.2, 0.25) is 5.78 Å². The number of Topliss-reactive ketones (excluding diaryl/α,β-unsaturated/α-hetero) is 1. The SMILES string of the molecule is O=C1C(=S)NCC1N1CCCC1=S. The molecule has 1 N–H and O–H groups in total. The van der Waals surface area contributed by atoms with Crippen LogP contribution in [0.5, 0.6) is 0 Å². The molecule has 5 heteroatoms. The Hall–Kier alpha value is -0.550. The molecule has 2 saturated heterocycles. The number of ketones is 1. The van der Waals surface area contributed by atoms with E-state index in [0.717, 1.165) is 24.4 Å². The van der Waals surface area contributed by atoms with Crippen LogP contribution in [0.2, 0.25) is 0 Å². The van der Waals surface area contributed by atoms with Crippen LogP contribution in [0.4, 0.5) is 0 Å². The van der Waals surface area contributed by atoms with E-state index in [1.54, 1.807) is 0 Å². The third-order valence-electron chi connectivity index (χ3n) is 2.47. The number of nitrogens with one attached hydrogen (secondary N) is 1.